The van der Waals surface area contributed by atoms with E-state index in [1.807, 2.05) is 23.1 Å². The van der Waals surface area contributed by atoms with Gasteiger partial charge < -0.3 is 24.4 Å². The zero-order valence-electron chi connectivity index (χ0n) is 14.3. The van der Waals surface area contributed by atoms with Gasteiger partial charge in [0, 0.05) is 32.0 Å². The Kier molecular flexibility index (Phi) is 6.28. The smallest absolute Gasteiger partial charge is 0.406 e. The minimum atomic E-state index is -0.466. The molecular weight excluding hydrogens is 312 g/mol. The van der Waals surface area contributed by atoms with Crippen LogP contribution in [0.2, 0.25) is 0 Å². The number of likely N-dealkylation sites (tertiary alicyclic amines) is 1. The van der Waals surface area contributed by atoms with Gasteiger partial charge in [-0.2, -0.15) is 0 Å². The highest BCUT2D eigenvalue weighted by Gasteiger charge is 2.29. The molecule has 1 unspecified atom stereocenters. The normalized spacial score (nSPS) is 16.9. The molecule has 1 saturated heterocycles. The summed E-state index contributed by atoms with van der Waals surface area (Å²) in [6.45, 7) is 1.74. The van der Waals surface area contributed by atoms with E-state index in [0.717, 1.165) is 12.0 Å². The van der Waals surface area contributed by atoms with Crippen LogP contribution in [0.15, 0.2) is 18.2 Å². The summed E-state index contributed by atoms with van der Waals surface area (Å²) in [5.41, 5.74) is 1.08. The fraction of sp³-hybridized carbons (Fsp3) is 0.529. The summed E-state index contributed by atoms with van der Waals surface area (Å²) in [5.74, 6) is 1.62. The van der Waals surface area contributed by atoms with Gasteiger partial charge in [-0.3, -0.25) is 4.79 Å². The van der Waals surface area contributed by atoms with Crippen LogP contribution in [0.1, 0.15) is 12.0 Å². The van der Waals surface area contributed by atoms with Crippen molar-refractivity contribution in [2.24, 2.45) is 5.92 Å². The standard InChI is InChI=1S/C17H24N2O5/c1-22-14-5-4-12(8-15(14)23-2)6-7-19-11-13(9-16(19)20)10-18-17(21)24-3/h4-5,8,13H,6-7,9-11H2,1-3H3,(H,18,21). The van der Waals surface area contributed by atoms with Gasteiger partial charge in [-0.15, -0.1) is 0 Å². The van der Waals surface area contributed by atoms with Gasteiger partial charge in [0.25, 0.3) is 0 Å². The SMILES string of the molecule is COC(=O)NCC1CC(=O)N(CCc2ccc(OC)c(OC)c2)C1. The Morgan fingerprint density at radius 3 is 2.67 bits per heavy atom. The number of benzene rings is 1. The molecule has 1 aliphatic heterocycles. The average Bonchev–Trinajstić information content (AvgIpc) is 2.97. The van der Waals surface area contributed by atoms with Crippen molar-refractivity contribution in [3.05, 3.63) is 23.8 Å². The van der Waals surface area contributed by atoms with Crippen LogP contribution in [0, 0.1) is 5.92 Å². The minimum absolute atomic E-state index is 0.118. The molecule has 2 rings (SSSR count). The molecule has 7 heteroatoms. The van der Waals surface area contributed by atoms with Crippen LogP contribution < -0.4 is 14.8 Å². The van der Waals surface area contributed by atoms with E-state index in [0.29, 0.717) is 37.6 Å². The molecule has 1 aromatic rings. The molecule has 1 fully saturated rings. The van der Waals surface area contributed by atoms with Gasteiger partial charge in [0.1, 0.15) is 0 Å². The Morgan fingerprint density at radius 1 is 1.25 bits per heavy atom. The number of carbonyl (C=O) groups excluding carboxylic acids is 2. The summed E-state index contributed by atoms with van der Waals surface area (Å²) in [5, 5.41) is 2.65. The maximum atomic E-state index is 12.1. The van der Waals surface area contributed by atoms with Crippen LogP contribution in [-0.4, -0.2) is 57.9 Å². The molecule has 0 aromatic heterocycles. The van der Waals surface area contributed by atoms with E-state index < -0.39 is 6.09 Å². The summed E-state index contributed by atoms with van der Waals surface area (Å²) < 4.78 is 15.1. The highest BCUT2D eigenvalue weighted by molar-refractivity contribution is 5.78. The number of ether oxygens (including phenoxy) is 3. The van der Waals surface area contributed by atoms with Crippen molar-refractivity contribution in [2.75, 3.05) is 41.0 Å². The monoisotopic (exact) mass is 336 g/mol. The molecule has 7 nitrogen and oxygen atoms in total. The number of carbonyl (C=O) groups is 2. The Morgan fingerprint density at radius 2 is 2.00 bits per heavy atom. The van der Waals surface area contributed by atoms with Gasteiger partial charge >= 0.3 is 6.09 Å². The van der Waals surface area contributed by atoms with Crippen LogP contribution in [-0.2, 0) is 16.0 Å². The van der Waals surface area contributed by atoms with E-state index in [-0.39, 0.29) is 11.8 Å². The second-order valence-electron chi connectivity index (χ2n) is 5.72. The minimum Gasteiger partial charge on any atom is -0.493 e. The first kappa shape index (κ1) is 17.9. The molecule has 0 radical (unpaired) electrons. The number of nitrogens with zero attached hydrogens (tertiary/aromatic N) is 1. The van der Waals surface area contributed by atoms with Crippen LogP contribution in [0.25, 0.3) is 0 Å². The van der Waals surface area contributed by atoms with E-state index in [4.69, 9.17) is 9.47 Å². The summed E-state index contributed by atoms with van der Waals surface area (Å²) in [4.78, 5) is 25.0. The summed E-state index contributed by atoms with van der Waals surface area (Å²) in [6, 6.07) is 5.76. The van der Waals surface area contributed by atoms with Crippen molar-refractivity contribution in [1.82, 2.24) is 10.2 Å². The van der Waals surface area contributed by atoms with Crippen molar-refractivity contribution < 1.29 is 23.8 Å². The molecule has 132 valence electrons. The first-order valence-electron chi connectivity index (χ1n) is 7.87. The summed E-state index contributed by atoms with van der Waals surface area (Å²) in [7, 11) is 4.53. The number of nitrogens with one attached hydrogen (secondary N) is 1. The van der Waals surface area contributed by atoms with Crippen molar-refractivity contribution in [3.8, 4) is 11.5 Å². The van der Waals surface area contributed by atoms with Crippen molar-refractivity contribution in [1.29, 1.82) is 0 Å². The third-order valence-corrected chi connectivity index (χ3v) is 4.13. The lowest BCUT2D eigenvalue weighted by Crippen LogP contribution is -2.31. The molecule has 1 aromatic carbocycles. The zero-order valence-corrected chi connectivity index (χ0v) is 14.3. The van der Waals surface area contributed by atoms with Crippen molar-refractivity contribution in [3.63, 3.8) is 0 Å². The van der Waals surface area contributed by atoms with E-state index in [1.165, 1.54) is 7.11 Å². The quantitative estimate of drug-likeness (QED) is 0.815. The summed E-state index contributed by atoms with van der Waals surface area (Å²) >= 11 is 0. The highest BCUT2D eigenvalue weighted by atomic mass is 16.5. The number of hydrogen-bond acceptors (Lipinski definition) is 5. The number of amides is 2. The molecule has 1 N–H and O–H groups in total. The third kappa shape index (κ3) is 4.53. The second kappa shape index (κ2) is 8.42. The molecule has 0 aliphatic carbocycles. The van der Waals surface area contributed by atoms with Gasteiger partial charge in [0.2, 0.25) is 5.91 Å². The van der Waals surface area contributed by atoms with E-state index in [2.05, 4.69) is 10.1 Å². The molecule has 24 heavy (non-hydrogen) atoms. The molecular formula is C17H24N2O5. The van der Waals surface area contributed by atoms with Crippen molar-refractivity contribution in [2.45, 2.75) is 12.8 Å². The van der Waals surface area contributed by atoms with E-state index in [1.54, 1.807) is 14.2 Å². The second-order valence-corrected chi connectivity index (χ2v) is 5.72. The lowest BCUT2D eigenvalue weighted by molar-refractivity contribution is -0.127. The first-order chi connectivity index (χ1) is 11.6. The van der Waals surface area contributed by atoms with Crippen molar-refractivity contribution >= 4 is 12.0 Å². The number of alkyl carbamates (subject to hydrolysis) is 1. The number of rotatable bonds is 7. The van der Waals surface area contributed by atoms with E-state index >= 15 is 0 Å². The maximum absolute atomic E-state index is 12.1. The number of hydrogen-bond donors (Lipinski definition) is 1. The Bertz CT molecular complexity index is 590. The van der Waals surface area contributed by atoms with Gasteiger partial charge in [0.15, 0.2) is 11.5 Å². The topological polar surface area (TPSA) is 77.1 Å². The largest absolute Gasteiger partial charge is 0.493 e. The molecule has 1 aliphatic rings. The van der Waals surface area contributed by atoms with Gasteiger partial charge in [-0.05, 0) is 24.1 Å². The molecule has 2 amide bonds. The van der Waals surface area contributed by atoms with Gasteiger partial charge in [-0.25, -0.2) is 4.79 Å². The molecule has 0 saturated carbocycles. The lowest BCUT2D eigenvalue weighted by atomic mass is 10.1. The van der Waals surface area contributed by atoms with Crippen LogP contribution in [0.5, 0.6) is 11.5 Å². The third-order valence-electron chi connectivity index (χ3n) is 4.13. The fourth-order valence-electron chi connectivity index (χ4n) is 2.81. The molecule has 0 spiro atoms. The first-order valence-corrected chi connectivity index (χ1v) is 7.87. The predicted molar refractivity (Wildman–Crippen MR) is 88.3 cm³/mol. The Hall–Kier alpha value is -2.44. The lowest BCUT2D eigenvalue weighted by Gasteiger charge is -2.17. The van der Waals surface area contributed by atoms with Crippen LogP contribution >= 0.6 is 0 Å². The molecule has 0 bridgehead atoms. The van der Waals surface area contributed by atoms with Crippen LogP contribution in [0.3, 0.4) is 0 Å². The molecule has 1 atom stereocenters. The highest BCUT2D eigenvalue weighted by Crippen LogP contribution is 2.28. The van der Waals surface area contributed by atoms with Crippen LogP contribution in [0.4, 0.5) is 4.79 Å². The Labute approximate surface area is 141 Å². The predicted octanol–water partition coefficient (Wildman–Crippen LogP) is 1.45. The number of methoxy groups -OCH3 is 3. The summed E-state index contributed by atoms with van der Waals surface area (Å²) in [6.07, 6.45) is 0.727. The molecule has 1 heterocycles. The van der Waals surface area contributed by atoms with Gasteiger partial charge in [-0.1, -0.05) is 6.07 Å². The average molecular weight is 336 g/mol. The Balaban J connectivity index is 1.86. The maximum Gasteiger partial charge on any atom is 0.406 e. The fourth-order valence-corrected chi connectivity index (χ4v) is 2.81. The van der Waals surface area contributed by atoms with E-state index in [9.17, 15) is 9.59 Å². The van der Waals surface area contributed by atoms with Gasteiger partial charge in [0.05, 0.1) is 21.3 Å². The zero-order chi connectivity index (χ0) is 17.5.